The second-order valence-corrected chi connectivity index (χ2v) is 8.40. The van der Waals surface area contributed by atoms with Crippen molar-refractivity contribution >= 4 is 11.8 Å². The molecule has 4 nitrogen and oxygen atoms in total. The number of para-hydroxylation sites is 1. The highest BCUT2D eigenvalue weighted by atomic mass is 16.6. The summed E-state index contributed by atoms with van der Waals surface area (Å²) in [6, 6.07) is 21.1. The van der Waals surface area contributed by atoms with Crippen molar-refractivity contribution in [1.82, 2.24) is 0 Å². The topological polar surface area (TPSA) is 29.5 Å². The van der Waals surface area contributed by atoms with Crippen molar-refractivity contribution in [3.05, 3.63) is 66.2 Å². The molecule has 2 unspecified atom stereocenters. The summed E-state index contributed by atoms with van der Waals surface area (Å²) in [6.45, 7) is 0.519. The number of anilines is 1. The summed E-state index contributed by atoms with van der Waals surface area (Å²) in [5.41, 5.74) is 1.97. The molecule has 2 heterocycles. The number of hydrogen-bond donors (Lipinski definition) is 0. The Bertz CT molecular complexity index is 759. The third-order valence-corrected chi connectivity index (χ3v) is 6.52. The summed E-state index contributed by atoms with van der Waals surface area (Å²) in [6.07, 6.45) is 4.24. The van der Waals surface area contributed by atoms with Crippen LogP contribution < -0.4 is 4.90 Å². The number of ether oxygens (including phenoxy) is 1. The van der Waals surface area contributed by atoms with Crippen molar-refractivity contribution in [2.45, 2.75) is 50.4 Å². The normalized spacial score (nSPS) is 25.8. The fourth-order valence-electron chi connectivity index (χ4n) is 4.77. The molecule has 1 amide bonds. The number of amides is 1. The van der Waals surface area contributed by atoms with Gasteiger partial charge in [-0.15, -0.1) is 0 Å². The molecule has 2 aliphatic rings. The first-order valence-electron chi connectivity index (χ1n) is 9.94. The third kappa shape index (κ3) is 3.72. The van der Waals surface area contributed by atoms with Crippen LogP contribution in [0.3, 0.4) is 0 Å². The third-order valence-electron chi connectivity index (χ3n) is 6.52. The van der Waals surface area contributed by atoms with Gasteiger partial charge in [-0.2, -0.15) is 0 Å². The molecule has 0 aromatic heterocycles. The summed E-state index contributed by atoms with van der Waals surface area (Å²) in [7, 11) is 4.65. The van der Waals surface area contributed by atoms with Crippen LogP contribution in [0.5, 0.6) is 0 Å². The van der Waals surface area contributed by atoms with E-state index in [1.807, 2.05) is 60.7 Å². The molecule has 2 saturated heterocycles. The first-order valence-corrected chi connectivity index (χ1v) is 9.94. The smallest absolute Gasteiger partial charge is 0.414 e. The highest BCUT2D eigenvalue weighted by molar-refractivity contribution is 5.87. The highest BCUT2D eigenvalue weighted by Crippen LogP contribution is 2.40. The van der Waals surface area contributed by atoms with Gasteiger partial charge in [0.2, 0.25) is 0 Å². The zero-order valence-corrected chi connectivity index (χ0v) is 16.3. The molecular formula is C23H29N2O2+. The minimum Gasteiger partial charge on any atom is -0.445 e. The lowest BCUT2D eigenvalue weighted by molar-refractivity contribution is -0.931. The van der Waals surface area contributed by atoms with E-state index in [1.165, 1.54) is 12.8 Å². The number of piperidine rings is 1. The summed E-state index contributed by atoms with van der Waals surface area (Å²) in [5.74, 6) is 0. The molecule has 2 atom stereocenters. The molecule has 0 radical (unpaired) electrons. The maximum Gasteiger partial charge on any atom is 0.414 e. The Balaban J connectivity index is 1.49. The van der Waals surface area contributed by atoms with E-state index in [4.69, 9.17) is 4.74 Å². The SMILES string of the molecule is C[N+]1(C)C2CCC1CC(OC(=O)N(Cc1ccccc1)c1ccccc1)C2. The van der Waals surface area contributed by atoms with Crippen LogP contribution in [-0.4, -0.2) is 42.9 Å². The molecule has 27 heavy (non-hydrogen) atoms. The number of benzene rings is 2. The largest absolute Gasteiger partial charge is 0.445 e. The Morgan fingerprint density at radius 2 is 1.52 bits per heavy atom. The molecule has 2 aromatic rings. The van der Waals surface area contributed by atoms with Crippen LogP contribution in [0.4, 0.5) is 10.5 Å². The van der Waals surface area contributed by atoms with E-state index < -0.39 is 0 Å². The van der Waals surface area contributed by atoms with Gasteiger partial charge in [0, 0.05) is 31.4 Å². The molecule has 0 saturated carbocycles. The number of carbonyl (C=O) groups excluding carboxylic acids is 1. The van der Waals surface area contributed by atoms with Crippen molar-refractivity contribution < 1.29 is 14.0 Å². The van der Waals surface area contributed by atoms with E-state index >= 15 is 0 Å². The fraction of sp³-hybridized carbons (Fsp3) is 0.435. The lowest BCUT2D eigenvalue weighted by Crippen LogP contribution is -2.56. The minimum absolute atomic E-state index is 0.0307. The second kappa shape index (κ2) is 7.35. The molecule has 4 heteroatoms. The number of rotatable bonds is 4. The predicted molar refractivity (Wildman–Crippen MR) is 107 cm³/mol. The fourth-order valence-corrected chi connectivity index (χ4v) is 4.77. The van der Waals surface area contributed by atoms with E-state index in [0.717, 1.165) is 28.6 Å². The van der Waals surface area contributed by atoms with E-state index in [-0.39, 0.29) is 12.2 Å². The van der Waals surface area contributed by atoms with Crippen molar-refractivity contribution in [1.29, 1.82) is 0 Å². The van der Waals surface area contributed by atoms with Gasteiger partial charge in [0.25, 0.3) is 0 Å². The zero-order chi connectivity index (χ0) is 18.9. The molecule has 0 aliphatic carbocycles. The lowest BCUT2D eigenvalue weighted by Gasteiger charge is -2.44. The quantitative estimate of drug-likeness (QED) is 0.741. The van der Waals surface area contributed by atoms with Gasteiger partial charge in [-0.25, -0.2) is 4.79 Å². The summed E-state index contributed by atoms with van der Waals surface area (Å²) < 4.78 is 7.12. The molecule has 2 fully saturated rings. The average molecular weight is 365 g/mol. The van der Waals surface area contributed by atoms with E-state index in [2.05, 4.69) is 14.1 Å². The Morgan fingerprint density at radius 1 is 0.963 bits per heavy atom. The van der Waals surface area contributed by atoms with Gasteiger partial charge >= 0.3 is 6.09 Å². The van der Waals surface area contributed by atoms with Gasteiger partial charge in [-0.3, -0.25) is 4.90 Å². The maximum atomic E-state index is 13.1. The molecule has 2 aliphatic heterocycles. The standard InChI is InChI=1S/C23H29N2O2/c1-25(2)20-13-14-21(25)16-22(15-20)27-23(26)24(19-11-7-4-8-12-19)17-18-9-5-3-6-10-18/h3-12,20-22H,13-17H2,1-2H3/q+1. The van der Waals surface area contributed by atoms with Gasteiger partial charge < -0.3 is 9.22 Å². The Kier molecular flexibility index (Phi) is 4.92. The Hall–Kier alpha value is -2.33. The van der Waals surface area contributed by atoms with Crippen LogP contribution in [0.15, 0.2) is 60.7 Å². The first kappa shape index (κ1) is 18.1. The second-order valence-electron chi connectivity index (χ2n) is 8.40. The Morgan fingerprint density at radius 3 is 2.11 bits per heavy atom. The monoisotopic (exact) mass is 365 g/mol. The lowest BCUT2D eigenvalue weighted by atomic mass is 9.98. The van der Waals surface area contributed by atoms with E-state index in [9.17, 15) is 4.79 Å². The summed E-state index contributed by atoms with van der Waals surface area (Å²) in [5, 5.41) is 0. The average Bonchev–Trinajstić information content (AvgIpc) is 2.85. The molecule has 0 spiro atoms. The molecular weight excluding hydrogens is 336 g/mol. The number of fused-ring (bicyclic) bond motifs is 2. The molecule has 0 N–H and O–H groups in total. The number of carbonyl (C=O) groups is 1. The van der Waals surface area contributed by atoms with E-state index in [0.29, 0.717) is 18.6 Å². The van der Waals surface area contributed by atoms with Gasteiger partial charge in [-0.1, -0.05) is 48.5 Å². The zero-order valence-electron chi connectivity index (χ0n) is 16.3. The van der Waals surface area contributed by atoms with Gasteiger partial charge in [-0.05, 0) is 17.7 Å². The summed E-state index contributed by atoms with van der Waals surface area (Å²) >= 11 is 0. The van der Waals surface area contributed by atoms with Gasteiger partial charge in [0.15, 0.2) is 0 Å². The van der Waals surface area contributed by atoms with Crippen molar-refractivity contribution in [2.24, 2.45) is 0 Å². The van der Waals surface area contributed by atoms with Crippen molar-refractivity contribution in [3.63, 3.8) is 0 Å². The van der Waals surface area contributed by atoms with Crippen LogP contribution in [0.25, 0.3) is 0 Å². The van der Waals surface area contributed by atoms with Crippen molar-refractivity contribution in [3.8, 4) is 0 Å². The number of hydrogen-bond acceptors (Lipinski definition) is 2. The van der Waals surface area contributed by atoms with Crippen LogP contribution in [0.1, 0.15) is 31.2 Å². The van der Waals surface area contributed by atoms with E-state index in [1.54, 1.807) is 4.90 Å². The predicted octanol–water partition coefficient (Wildman–Crippen LogP) is 4.60. The van der Waals surface area contributed by atoms with Crippen molar-refractivity contribution in [2.75, 3.05) is 19.0 Å². The van der Waals surface area contributed by atoms with Crippen LogP contribution in [0, 0.1) is 0 Å². The number of quaternary nitrogens is 1. The number of nitrogens with zero attached hydrogens (tertiary/aromatic N) is 2. The van der Waals surface area contributed by atoms with Crippen LogP contribution in [-0.2, 0) is 11.3 Å². The van der Waals surface area contributed by atoms with Gasteiger partial charge in [0.1, 0.15) is 6.10 Å². The highest BCUT2D eigenvalue weighted by Gasteiger charge is 2.50. The summed E-state index contributed by atoms with van der Waals surface area (Å²) in [4.78, 5) is 14.9. The van der Waals surface area contributed by atoms with Crippen LogP contribution >= 0.6 is 0 Å². The van der Waals surface area contributed by atoms with Crippen LogP contribution in [0.2, 0.25) is 0 Å². The molecule has 142 valence electrons. The van der Waals surface area contributed by atoms with Gasteiger partial charge in [0.05, 0.1) is 32.7 Å². The molecule has 2 bridgehead atoms. The first-order chi connectivity index (χ1) is 13.0. The molecule has 2 aromatic carbocycles. The Labute approximate surface area is 161 Å². The molecule has 4 rings (SSSR count). The maximum absolute atomic E-state index is 13.1. The minimum atomic E-state index is -0.235.